The second-order valence-electron chi connectivity index (χ2n) is 6.27. The molecule has 6 heteroatoms. The minimum Gasteiger partial charge on any atom is -0.447 e. The van der Waals surface area contributed by atoms with Gasteiger partial charge < -0.3 is 9.64 Å². The van der Waals surface area contributed by atoms with Crippen LogP contribution in [0.4, 0.5) is 16.3 Å². The van der Waals surface area contributed by atoms with E-state index in [2.05, 4.69) is 20.9 Å². The first kappa shape index (κ1) is 14.9. The number of aryl methyl sites for hydroxylation is 2. The summed E-state index contributed by atoms with van der Waals surface area (Å²) in [6, 6.07) is 8.19. The zero-order valence-electron chi connectivity index (χ0n) is 14.0. The Morgan fingerprint density at radius 2 is 2.04 bits per heavy atom. The quantitative estimate of drug-likeness (QED) is 0.850. The van der Waals surface area contributed by atoms with Crippen LogP contribution in [0, 0.1) is 13.8 Å². The third-order valence-corrected chi connectivity index (χ3v) is 4.57. The Kier molecular flexibility index (Phi) is 3.59. The average Bonchev–Trinajstić information content (AvgIpc) is 2.99. The summed E-state index contributed by atoms with van der Waals surface area (Å²) >= 11 is 0. The summed E-state index contributed by atoms with van der Waals surface area (Å²) in [6.45, 7) is 6.68. The molecule has 1 aromatic heterocycles. The lowest BCUT2D eigenvalue weighted by Gasteiger charge is -2.32. The molecule has 0 aliphatic carbocycles. The Balaban J connectivity index is 1.65. The van der Waals surface area contributed by atoms with E-state index in [1.807, 2.05) is 32.0 Å². The van der Waals surface area contributed by atoms with Crippen molar-refractivity contribution in [2.45, 2.75) is 26.8 Å². The lowest BCUT2D eigenvalue weighted by atomic mass is 9.97. The molecule has 0 unspecified atom stereocenters. The number of amides is 1. The second kappa shape index (κ2) is 5.78. The van der Waals surface area contributed by atoms with Crippen molar-refractivity contribution in [3.63, 3.8) is 0 Å². The number of cyclic esters (lactones) is 1. The fourth-order valence-electron chi connectivity index (χ4n) is 3.51. The first-order valence-corrected chi connectivity index (χ1v) is 8.24. The molecule has 2 aliphatic heterocycles. The topological polar surface area (TPSA) is 58.6 Å². The molecule has 124 valence electrons. The van der Waals surface area contributed by atoms with Gasteiger partial charge >= 0.3 is 6.09 Å². The number of fused-ring (bicyclic) bond motifs is 1. The highest BCUT2D eigenvalue weighted by molar-refractivity contribution is 5.90. The first-order chi connectivity index (χ1) is 11.6. The van der Waals surface area contributed by atoms with Crippen LogP contribution in [0.5, 0.6) is 0 Å². The molecule has 2 aromatic rings. The molecule has 0 radical (unpaired) electrons. The van der Waals surface area contributed by atoms with Gasteiger partial charge in [-0.05, 0) is 37.5 Å². The summed E-state index contributed by atoms with van der Waals surface area (Å²) in [4.78, 5) is 24.8. The maximum absolute atomic E-state index is 11.9. The van der Waals surface area contributed by atoms with Crippen molar-refractivity contribution >= 4 is 17.6 Å². The molecule has 1 saturated heterocycles. The lowest BCUT2D eigenvalue weighted by molar-refractivity contribution is 0.181. The molecule has 24 heavy (non-hydrogen) atoms. The molecule has 1 amide bonds. The summed E-state index contributed by atoms with van der Waals surface area (Å²) in [5.74, 6) is 1.76. The van der Waals surface area contributed by atoms with Crippen LogP contribution in [0.1, 0.15) is 22.6 Å². The highest BCUT2D eigenvalue weighted by atomic mass is 16.6. The predicted molar refractivity (Wildman–Crippen MR) is 91.4 cm³/mol. The Labute approximate surface area is 141 Å². The number of rotatable bonds is 2. The van der Waals surface area contributed by atoms with Crippen LogP contribution in [-0.2, 0) is 17.7 Å². The van der Waals surface area contributed by atoms with Crippen molar-refractivity contribution in [2.24, 2.45) is 0 Å². The van der Waals surface area contributed by atoms with E-state index in [1.54, 1.807) is 4.90 Å². The standard InChI is InChI=1S/C18H20N4O2/c1-12-10-17(20-13(2)19-12)21-7-6-15-14(11-21)4-3-5-16(15)22-8-9-24-18(22)23/h3-5,10H,6-9,11H2,1-2H3. The molecule has 0 bridgehead atoms. The Bertz CT molecular complexity index is 785. The van der Waals surface area contributed by atoms with Crippen molar-refractivity contribution in [3.05, 3.63) is 46.9 Å². The van der Waals surface area contributed by atoms with E-state index in [-0.39, 0.29) is 6.09 Å². The van der Waals surface area contributed by atoms with Crippen LogP contribution in [0.25, 0.3) is 0 Å². The summed E-state index contributed by atoms with van der Waals surface area (Å²) in [7, 11) is 0. The maximum atomic E-state index is 11.9. The average molecular weight is 324 g/mol. The van der Waals surface area contributed by atoms with E-state index in [0.29, 0.717) is 13.2 Å². The SMILES string of the molecule is Cc1cc(N2CCc3c(cccc3N3CCOC3=O)C2)nc(C)n1. The van der Waals surface area contributed by atoms with Crippen LogP contribution < -0.4 is 9.80 Å². The first-order valence-electron chi connectivity index (χ1n) is 8.24. The molecule has 2 aliphatic rings. The van der Waals surface area contributed by atoms with E-state index in [0.717, 1.165) is 42.5 Å². The van der Waals surface area contributed by atoms with Gasteiger partial charge in [0.2, 0.25) is 0 Å². The third kappa shape index (κ3) is 2.58. The number of carbonyl (C=O) groups is 1. The summed E-state index contributed by atoms with van der Waals surface area (Å²) in [5, 5.41) is 0. The van der Waals surface area contributed by atoms with Crippen LogP contribution >= 0.6 is 0 Å². The zero-order valence-corrected chi connectivity index (χ0v) is 14.0. The molecule has 1 aromatic carbocycles. The van der Waals surface area contributed by atoms with Gasteiger partial charge in [-0.3, -0.25) is 4.90 Å². The fraction of sp³-hybridized carbons (Fsp3) is 0.389. The van der Waals surface area contributed by atoms with Gasteiger partial charge in [0.1, 0.15) is 18.2 Å². The van der Waals surface area contributed by atoms with Crippen molar-refractivity contribution in [3.8, 4) is 0 Å². The largest absolute Gasteiger partial charge is 0.447 e. The van der Waals surface area contributed by atoms with Crippen molar-refractivity contribution in [2.75, 3.05) is 29.5 Å². The van der Waals surface area contributed by atoms with Crippen LogP contribution in [0.3, 0.4) is 0 Å². The second-order valence-corrected chi connectivity index (χ2v) is 6.27. The van der Waals surface area contributed by atoms with Crippen LogP contribution in [-0.4, -0.2) is 35.8 Å². The van der Waals surface area contributed by atoms with E-state index < -0.39 is 0 Å². The van der Waals surface area contributed by atoms with Gasteiger partial charge in [-0.1, -0.05) is 12.1 Å². The number of nitrogens with zero attached hydrogens (tertiary/aromatic N) is 4. The van der Waals surface area contributed by atoms with Gasteiger partial charge in [0.25, 0.3) is 0 Å². The van der Waals surface area contributed by atoms with Crippen molar-refractivity contribution < 1.29 is 9.53 Å². The number of carbonyl (C=O) groups excluding carboxylic acids is 1. The Hall–Kier alpha value is -2.63. The summed E-state index contributed by atoms with van der Waals surface area (Å²) in [6.07, 6.45) is 0.644. The number of aromatic nitrogens is 2. The van der Waals surface area contributed by atoms with Gasteiger partial charge in [0.15, 0.2) is 0 Å². The van der Waals surface area contributed by atoms with E-state index in [1.165, 1.54) is 11.1 Å². The monoisotopic (exact) mass is 324 g/mol. The molecule has 4 rings (SSSR count). The number of benzene rings is 1. The molecule has 3 heterocycles. The molecular formula is C18H20N4O2. The smallest absolute Gasteiger partial charge is 0.414 e. The lowest BCUT2D eigenvalue weighted by Crippen LogP contribution is -2.33. The van der Waals surface area contributed by atoms with Gasteiger partial charge in [-0.25, -0.2) is 14.8 Å². The number of ether oxygens (including phenoxy) is 1. The number of hydrogen-bond acceptors (Lipinski definition) is 5. The minimum absolute atomic E-state index is 0.243. The van der Waals surface area contributed by atoms with E-state index >= 15 is 0 Å². The van der Waals surface area contributed by atoms with Crippen molar-refractivity contribution in [1.29, 1.82) is 0 Å². The van der Waals surface area contributed by atoms with Crippen LogP contribution in [0.2, 0.25) is 0 Å². The Morgan fingerprint density at radius 3 is 2.79 bits per heavy atom. The third-order valence-electron chi connectivity index (χ3n) is 4.57. The Morgan fingerprint density at radius 1 is 1.17 bits per heavy atom. The molecular weight excluding hydrogens is 304 g/mol. The minimum atomic E-state index is -0.243. The fourth-order valence-corrected chi connectivity index (χ4v) is 3.51. The normalized spacial score (nSPS) is 17.0. The van der Waals surface area contributed by atoms with Gasteiger partial charge in [0, 0.05) is 24.8 Å². The van der Waals surface area contributed by atoms with Crippen molar-refractivity contribution in [1.82, 2.24) is 9.97 Å². The highest BCUT2D eigenvalue weighted by Crippen LogP contribution is 2.32. The summed E-state index contributed by atoms with van der Waals surface area (Å²) in [5.41, 5.74) is 4.46. The maximum Gasteiger partial charge on any atom is 0.414 e. The summed E-state index contributed by atoms with van der Waals surface area (Å²) < 4.78 is 5.09. The predicted octanol–water partition coefficient (Wildman–Crippen LogP) is 2.61. The molecule has 0 saturated carbocycles. The number of hydrogen-bond donors (Lipinski definition) is 0. The number of anilines is 2. The van der Waals surface area contributed by atoms with Gasteiger partial charge in [0.05, 0.1) is 12.2 Å². The van der Waals surface area contributed by atoms with Crippen LogP contribution in [0.15, 0.2) is 24.3 Å². The molecule has 0 N–H and O–H groups in total. The van der Waals surface area contributed by atoms with E-state index in [4.69, 9.17) is 4.74 Å². The zero-order chi connectivity index (χ0) is 16.7. The molecule has 0 atom stereocenters. The highest BCUT2D eigenvalue weighted by Gasteiger charge is 2.28. The van der Waals surface area contributed by atoms with Gasteiger partial charge in [-0.2, -0.15) is 0 Å². The van der Waals surface area contributed by atoms with Gasteiger partial charge in [-0.15, -0.1) is 0 Å². The molecule has 1 fully saturated rings. The molecule has 6 nitrogen and oxygen atoms in total. The van der Waals surface area contributed by atoms with E-state index in [9.17, 15) is 4.79 Å². The molecule has 0 spiro atoms.